The number of halogens is 1. The van der Waals surface area contributed by atoms with E-state index in [9.17, 15) is 0 Å². The fraction of sp³-hybridized carbons (Fsp3) is 0.455. The molecule has 29 heavy (non-hydrogen) atoms. The molecule has 1 aromatic heterocycles. The van der Waals surface area contributed by atoms with Crippen molar-refractivity contribution in [2.24, 2.45) is 4.99 Å². The average molecular weight is 510 g/mol. The van der Waals surface area contributed by atoms with Crippen molar-refractivity contribution in [3.63, 3.8) is 0 Å². The van der Waals surface area contributed by atoms with Crippen LogP contribution in [0.1, 0.15) is 31.0 Å². The predicted molar refractivity (Wildman–Crippen MR) is 134 cm³/mol. The van der Waals surface area contributed by atoms with Crippen molar-refractivity contribution in [1.82, 2.24) is 20.5 Å². The molecule has 6 nitrogen and oxygen atoms in total. The van der Waals surface area contributed by atoms with Gasteiger partial charge in [0.1, 0.15) is 5.82 Å². The first-order chi connectivity index (χ1) is 13.6. The third kappa shape index (κ3) is 7.81. The second kappa shape index (κ2) is 13.4. The fourth-order valence-corrected chi connectivity index (χ4v) is 3.21. The number of benzene rings is 1. The molecule has 0 aliphatic carbocycles. The van der Waals surface area contributed by atoms with Crippen LogP contribution in [0.15, 0.2) is 53.7 Å². The van der Waals surface area contributed by atoms with E-state index in [1.54, 1.807) is 0 Å². The van der Waals surface area contributed by atoms with Gasteiger partial charge in [-0.05, 0) is 36.3 Å². The third-order valence-corrected chi connectivity index (χ3v) is 4.85. The van der Waals surface area contributed by atoms with Gasteiger partial charge in [-0.25, -0.2) is 4.98 Å². The van der Waals surface area contributed by atoms with Crippen LogP contribution in [0.25, 0.3) is 0 Å². The zero-order valence-electron chi connectivity index (χ0n) is 18.2. The lowest BCUT2D eigenvalue weighted by atomic mass is 10.1. The monoisotopic (exact) mass is 510 g/mol. The molecule has 1 atom stereocenters. The number of anilines is 1. The van der Waals surface area contributed by atoms with Crippen LogP contribution >= 0.6 is 24.0 Å². The summed E-state index contributed by atoms with van der Waals surface area (Å²) in [4.78, 5) is 13.2. The van der Waals surface area contributed by atoms with Crippen LogP contribution < -0.4 is 15.5 Å². The molecule has 0 saturated heterocycles. The Kier molecular flexibility index (Phi) is 11.6. The van der Waals surface area contributed by atoms with Crippen molar-refractivity contribution < 1.29 is 0 Å². The topological polar surface area (TPSA) is 55.8 Å². The first-order valence-corrected chi connectivity index (χ1v) is 9.94. The number of rotatable bonds is 9. The summed E-state index contributed by atoms with van der Waals surface area (Å²) in [6.07, 6.45) is 1.84. The Morgan fingerprint density at radius 1 is 1.07 bits per heavy atom. The van der Waals surface area contributed by atoms with Crippen LogP contribution in [0.4, 0.5) is 5.82 Å². The molecular formula is C22H35IN6. The summed E-state index contributed by atoms with van der Waals surface area (Å²) in [5.74, 6) is 1.75. The molecule has 0 amide bonds. The molecule has 1 heterocycles. The van der Waals surface area contributed by atoms with Crippen LogP contribution in [0, 0.1) is 0 Å². The van der Waals surface area contributed by atoms with E-state index in [4.69, 9.17) is 0 Å². The number of likely N-dealkylation sites (N-methyl/N-ethyl adjacent to an activating group) is 1. The van der Waals surface area contributed by atoms with Gasteiger partial charge in [0.05, 0.1) is 6.04 Å². The lowest BCUT2D eigenvalue weighted by Crippen LogP contribution is -2.43. The smallest absolute Gasteiger partial charge is 0.191 e. The van der Waals surface area contributed by atoms with Gasteiger partial charge in [0.15, 0.2) is 5.96 Å². The van der Waals surface area contributed by atoms with E-state index in [2.05, 4.69) is 75.8 Å². The highest BCUT2D eigenvalue weighted by atomic mass is 127. The molecule has 0 fully saturated rings. The zero-order chi connectivity index (χ0) is 20.4. The minimum absolute atomic E-state index is 0. The molecule has 1 aromatic carbocycles. The lowest BCUT2D eigenvalue weighted by molar-refractivity contribution is 0.219. The molecular weight excluding hydrogens is 475 g/mol. The molecule has 2 aromatic rings. The van der Waals surface area contributed by atoms with Gasteiger partial charge < -0.3 is 15.5 Å². The van der Waals surface area contributed by atoms with Crippen molar-refractivity contribution in [3.8, 4) is 0 Å². The second-order valence-corrected chi connectivity index (χ2v) is 6.87. The summed E-state index contributed by atoms with van der Waals surface area (Å²) in [5, 5.41) is 6.90. The van der Waals surface area contributed by atoms with Gasteiger partial charge >= 0.3 is 0 Å². The van der Waals surface area contributed by atoms with Crippen LogP contribution in [0.2, 0.25) is 0 Å². The highest BCUT2D eigenvalue weighted by molar-refractivity contribution is 14.0. The molecule has 0 radical (unpaired) electrons. The minimum atomic E-state index is 0. The van der Waals surface area contributed by atoms with Crippen LogP contribution in [-0.4, -0.2) is 56.6 Å². The Morgan fingerprint density at radius 2 is 1.76 bits per heavy atom. The Balaban J connectivity index is 0.00000420. The standard InChI is InChI=1S/C22H34N6.HI/c1-6-28(7-2)20(19-11-9-8-10-12-19)17-26-22(23-3)25-16-18-13-14-24-21(15-18)27(4)5;/h8-15,20H,6-7,16-17H2,1-5H3,(H2,23,25,26);1H. The molecule has 0 spiro atoms. The van der Waals surface area contributed by atoms with Gasteiger partial charge in [0.25, 0.3) is 0 Å². The molecule has 2 rings (SSSR count). The SMILES string of the molecule is CCN(CC)C(CNC(=NC)NCc1ccnc(N(C)C)c1)c1ccccc1.I. The molecule has 0 bridgehead atoms. The molecule has 1 unspecified atom stereocenters. The van der Waals surface area contributed by atoms with E-state index in [0.29, 0.717) is 12.6 Å². The summed E-state index contributed by atoms with van der Waals surface area (Å²) in [5.41, 5.74) is 2.49. The third-order valence-electron chi connectivity index (χ3n) is 4.85. The highest BCUT2D eigenvalue weighted by Crippen LogP contribution is 2.19. The average Bonchev–Trinajstić information content (AvgIpc) is 2.74. The Bertz CT molecular complexity index is 731. The van der Waals surface area contributed by atoms with Crippen molar-refractivity contribution in [2.45, 2.75) is 26.4 Å². The Hall–Kier alpha value is -1.87. The summed E-state index contributed by atoms with van der Waals surface area (Å²) in [7, 11) is 5.80. The molecule has 160 valence electrons. The van der Waals surface area contributed by atoms with Crippen LogP contribution in [0.5, 0.6) is 0 Å². The maximum absolute atomic E-state index is 4.39. The number of hydrogen-bond donors (Lipinski definition) is 2. The van der Waals surface area contributed by atoms with Gasteiger partial charge in [-0.1, -0.05) is 44.2 Å². The van der Waals surface area contributed by atoms with Gasteiger partial charge in [0.2, 0.25) is 0 Å². The molecule has 2 N–H and O–H groups in total. The van der Waals surface area contributed by atoms with Crippen LogP contribution in [-0.2, 0) is 6.54 Å². The summed E-state index contributed by atoms with van der Waals surface area (Å²) >= 11 is 0. The molecule has 0 saturated carbocycles. The predicted octanol–water partition coefficient (Wildman–Crippen LogP) is 3.51. The van der Waals surface area contributed by atoms with Crippen molar-refractivity contribution in [1.29, 1.82) is 0 Å². The Labute approximate surface area is 192 Å². The van der Waals surface area contributed by atoms with E-state index in [1.165, 1.54) is 11.1 Å². The first kappa shape index (κ1) is 25.2. The lowest BCUT2D eigenvalue weighted by Gasteiger charge is -2.30. The summed E-state index contributed by atoms with van der Waals surface area (Å²) < 4.78 is 0. The van der Waals surface area contributed by atoms with E-state index in [1.807, 2.05) is 38.3 Å². The zero-order valence-corrected chi connectivity index (χ0v) is 20.6. The molecule has 7 heteroatoms. The van der Waals surface area contributed by atoms with Crippen molar-refractivity contribution in [3.05, 3.63) is 59.8 Å². The number of aliphatic imine (C=N–C) groups is 1. The van der Waals surface area contributed by atoms with Gasteiger partial charge in [-0.3, -0.25) is 9.89 Å². The maximum Gasteiger partial charge on any atom is 0.191 e. The first-order valence-electron chi connectivity index (χ1n) is 9.94. The largest absolute Gasteiger partial charge is 0.363 e. The highest BCUT2D eigenvalue weighted by Gasteiger charge is 2.18. The quantitative estimate of drug-likeness (QED) is 0.307. The van der Waals surface area contributed by atoms with E-state index >= 15 is 0 Å². The van der Waals surface area contributed by atoms with Crippen molar-refractivity contribution in [2.75, 3.05) is 45.7 Å². The number of guanidine groups is 1. The molecule has 0 aliphatic rings. The van der Waals surface area contributed by atoms with E-state index in [-0.39, 0.29) is 24.0 Å². The number of nitrogens with zero attached hydrogens (tertiary/aromatic N) is 4. The molecule has 0 aliphatic heterocycles. The van der Waals surface area contributed by atoms with Gasteiger partial charge in [-0.15, -0.1) is 24.0 Å². The second-order valence-electron chi connectivity index (χ2n) is 6.87. The van der Waals surface area contributed by atoms with Gasteiger partial charge in [0, 0.05) is 40.4 Å². The number of pyridine rings is 1. The fourth-order valence-electron chi connectivity index (χ4n) is 3.21. The van der Waals surface area contributed by atoms with Crippen LogP contribution in [0.3, 0.4) is 0 Å². The normalized spacial score (nSPS) is 12.3. The summed E-state index contributed by atoms with van der Waals surface area (Å²) in [6, 6.07) is 15.1. The Morgan fingerprint density at radius 3 is 2.34 bits per heavy atom. The summed E-state index contributed by atoms with van der Waals surface area (Å²) in [6.45, 7) is 7.92. The van der Waals surface area contributed by atoms with Crippen molar-refractivity contribution >= 4 is 35.8 Å². The number of nitrogens with one attached hydrogen (secondary N) is 2. The minimum Gasteiger partial charge on any atom is -0.363 e. The van der Waals surface area contributed by atoms with E-state index in [0.717, 1.165) is 31.4 Å². The van der Waals surface area contributed by atoms with Gasteiger partial charge in [-0.2, -0.15) is 0 Å². The maximum atomic E-state index is 4.39. The van der Waals surface area contributed by atoms with E-state index < -0.39 is 0 Å². The number of aromatic nitrogens is 1. The number of hydrogen-bond acceptors (Lipinski definition) is 4.